The zero-order valence-corrected chi connectivity index (χ0v) is 17.0. The topological polar surface area (TPSA) is 57.7 Å². The maximum absolute atomic E-state index is 12.6. The highest BCUT2D eigenvalue weighted by molar-refractivity contribution is 9.10. The first-order chi connectivity index (χ1) is 12.4. The van der Waals surface area contributed by atoms with Crippen LogP contribution in [0.15, 0.2) is 57.9 Å². The van der Waals surface area contributed by atoms with Crippen LogP contribution in [0, 0.1) is 0 Å². The zero-order valence-electron chi connectivity index (χ0n) is 14.6. The molecule has 138 valence electrons. The summed E-state index contributed by atoms with van der Waals surface area (Å²) in [5.74, 6) is -0.141. The summed E-state index contributed by atoms with van der Waals surface area (Å²) < 4.78 is 27.6. The molecule has 0 unspecified atom stereocenters. The lowest BCUT2D eigenvalue weighted by atomic mass is 10.1. The van der Waals surface area contributed by atoms with E-state index in [1.807, 2.05) is 24.3 Å². The molecular formula is C19H21BrN2O3S. The molecule has 2 aromatic carbocycles. The molecule has 0 bridgehead atoms. The van der Waals surface area contributed by atoms with Crippen LogP contribution in [0.5, 0.6) is 0 Å². The van der Waals surface area contributed by atoms with E-state index in [4.69, 9.17) is 0 Å². The number of benzene rings is 2. The third-order valence-corrected chi connectivity index (χ3v) is 6.93. The van der Waals surface area contributed by atoms with Gasteiger partial charge >= 0.3 is 0 Å². The van der Waals surface area contributed by atoms with Gasteiger partial charge in [-0.1, -0.05) is 28.1 Å². The largest absolute Gasteiger partial charge is 0.337 e. The summed E-state index contributed by atoms with van der Waals surface area (Å²) in [6.07, 6.45) is 1.80. The lowest BCUT2D eigenvalue weighted by molar-refractivity contribution is 0.0785. The van der Waals surface area contributed by atoms with Gasteiger partial charge in [-0.2, -0.15) is 4.31 Å². The Morgan fingerprint density at radius 1 is 1.04 bits per heavy atom. The van der Waals surface area contributed by atoms with E-state index >= 15 is 0 Å². The number of nitrogens with zero attached hydrogens (tertiary/aromatic N) is 2. The molecular weight excluding hydrogens is 416 g/mol. The molecule has 0 aliphatic carbocycles. The summed E-state index contributed by atoms with van der Waals surface area (Å²) >= 11 is 3.39. The molecule has 0 radical (unpaired) electrons. The van der Waals surface area contributed by atoms with Gasteiger partial charge in [0.1, 0.15) is 0 Å². The minimum absolute atomic E-state index is 0.141. The second kappa shape index (κ2) is 7.90. The molecule has 1 fully saturated rings. The van der Waals surface area contributed by atoms with Crippen LogP contribution >= 0.6 is 15.9 Å². The molecule has 1 saturated heterocycles. The number of amides is 1. The Bertz CT molecular complexity index is 874. The lowest BCUT2D eigenvalue weighted by Gasteiger charge is -2.18. The number of hydrogen-bond acceptors (Lipinski definition) is 3. The Kier molecular flexibility index (Phi) is 5.79. The second-order valence-electron chi connectivity index (χ2n) is 6.42. The Labute approximate surface area is 162 Å². The quantitative estimate of drug-likeness (QED) is 0.720. The summed E-state index contributed by atoms with van der Waals surface area (Å²) in [5.41, 5.74) is 1.50. The SMILES string of the molecule is CN(Cc1ccc(Br)cc1)C(=O)c1ccc(S(=O)(=O)N2CCCC2)cc1. The first-order valence-corrected chi connectivity index (χ1v) is 10.7. The molecule has 26 heavy (non-hydrogen) atoms. The predicted molar refractivity (Wildman–Crippen MR) is 104 cm³/mol. The Hall–Kier alpha value is -1.70. The van der Waals surface area contributed by atoms with Gasteiger partial charge in [-0.3, -0.25) is 4.79 Å². The van der Waals surface area contributed by atoms with Crippen molar-refractivity contribution in [2.45, 2.75) is 24.3 Å². The third-order valence-electron chi connectivity index (χ3n) is 4.48. The van der Waals surface area contributed by atoms with E-state index in [0.29, 0.717) is 25.2 Å². The molecule has 2 aromatic rings. The highest BCUT2D eigenvalue weighted by Crippen LogP contribution is 2.21. The molecule has 3 rings (SSSR count). The van der Waals surface area contributed by atoms with Gasteiger partial charge in [-0.05, 0) is 54.8 Å². The molecule has 0 atom stereocenters. The number of rotatable bonds is 5. The van der Waals surface area contributed by atoms with Crippen molar-refractivity contribution in [2.75, 3.05) is 20.1 Å². The van der Waals surface area contributed by atoms with Crippen LogP contribution < -0.4 is 0 Å². The highest BCUT2D eigenvalue weighted by atomic mass is 79.9. The minimum atomic E-state index is -3.45. The second-order valence-corrected chi connectivity index (χ2v) is 9.28. The van der Waals surface area contributed by atoms with Crippen LogP contribution in [0.2, 0.25) is 0 Å². The smallest absolute Gasteiger partial charge is 0.253 e. The van der Waals surface area contributed by atoms with Gasteiger partial charge in [-0.25, -0.2) is 8.42 Å². The number of hydrogen-bond donors (Lipinski definition) is 0. The van der Waals surface area contributed by atoms with Crippen molar-refractivity contribution in [1.29, 1.82) is 0 Å². The summed E-state index contributed by atoms with van der Waals surface area (Å²) in [7, 11) is -1.71. The molecule has 0 N–H and O–H groups in total. The maximum Gasteiger partial charge on any atom is 0.253 e. The molecule has 1 amide bonds. The number of sulfonamides is 1. The fraction of sp³-hybridized carbons (Fsp3) is 0.316. The van der Waals surface area contributed by atoms with Crippen molar-refractivity contribution in [2.24, 2.45) is 0 Å². The first kappa shape index (κ1) is 19.1. The van der Waals surface area contributed by atoms with Crippen LogP contribution in [0.25, 0.3) is 0 Å². The molecule has 1 heterocycles. The molecule has 5 nitrogen and oxygen atoms in total. The van der Waals surface area contributed by atoms with E-state index in [1.165, 1.54) is 16.4 Å². The van der Waals surface area contributed by atoms with E-state index in [2.05, 4.69) is 15.9 Å². The van der Waals surface area contributed by atoms with Crippen molar-refractivity contribution in [3.05, 3.63) is 64.1 Å². The van der Waals surface area contributed by atoms with Crippen molar-refractivity contribution < 1.29 is 13.2 Å². The first-order valence-electron chi connectivity index (χ1n) is 8.48. The van der Waals surface area contributed by atoms with Crippen molar-refractivity contribution in [3.8, 4) is 0 Å². The Balaban J connectivity index is 1.71. The molecule has 1 aliphatic heterocycles. The molecule has 0 aromatic heterocycles. The molecule has 0 spiro atoms. The van der Waals surface area contributed by atoms with E-state index < -0.39 is 10.0 Å². The van der Waals surface area contributed by atoms with E-state index in [1.54, 1.807) is 24.1 Å². The van der Waals surface area contributed by atoms with E-state index in [0.717, 1.165) is 22.9 Å². The molecule has 1 aliphatic rings. The van der Waals surface area contributed by atoms with Crippen LogP contribution in [-0.2, 0) is 16.6 Å². The van der Waals surface area contributed by atoms with Gasteiger partial charge in [0.25, 0.3) is 5.91 Å². The van der Waals surface area contributed by atoms with Gasteiger partial charge in [0, 0.05) is 36.7 Å². The highest BCUT2D eigenvalue weighted by Gasteiger charge is 2.27. The minimum Gasteiger partial charge on any atom is -0.337 e. The summed E-state index contributed by atoms with van der Waals surface area (Å²) in [4.78, 5) is 14.5. The Morgan fingerprint density at radius 2 is 1.62 bits per heavy atom. The number of carbonyl (C=O) groups is 1. The lowest BCUT2D eigenvalue weighted by Crippen LogP contribution is -2.28. The zero-order chi connectivity index (χ0) is 18.7. The predicted octanol–water partition coefficient (Wildman–Crippen LogP) is 3.51. The third kappa shape index (κ3) is 4.16. The normalized spacial score (nSPS) is 15.2. The number of carbonyl (C=O) groups excluding carboxylic acids is 1. The average molecular weight is 437 g/mol. The summed E-state index contributed by atoms with van der Waals surface area (Å²) in [6.45, 7) is 1.62. The summed E-state index contributed by atoms with van der Waals surface area (Å²) in [5, 5.41) is 0. The monoisotopic (exact) mass is 436 g/mol. The average Bonchev–Trinajstić information content (AvgIpc) is 3.18. The van der Waals surface area contributed by atoms with Crippen LogP contribution in [0.4, 0.5) is 0 Å². The fourth-order valence-corrected chi connectivity index (χ4v) is 4.78. The van der Waals surface area contributed by atoms with Gasteiger partial charge in [-0.15, -0.1) is 0 Å². The summed E-state index contributed by atoms with van der Waals surface area (Å²) in [6, 6.07) is 14.0. The van der Waals surface area contributed by atoms with Crippen LogP contribution in [0.1, 0.15) is 28.8 Å². The van der Waals surface area contributed by atoms with Gasteiger partial charge < -0.3 is 4.90 Å². The van der Waals surface area contributed by atoms with Crippen LogP contribution in [0.3, 0.4) is 0 Å². The number of halogens is 1. The Morgan fingerprint density at radius 3 is 2.19 bits per heavy atom. The molecule has 7 heteroatoms. The van der Waals surface area contributed by atoms with Gasteiger partial charge in [0.15, 0.2) is 0 Å². The van der Waals surface area contributed by atoms with Gasteiger partial charge in [0.05, 0.1) is 4.90 Å². The maximum atomic E-state index is 12.6. The standard InChI is InChI=1S/C19H21BrN2O3S/c1-21(14-15-4-8-17(20)9-5-15)19(23)16-6-10-18(11-7-16)26(24,25)22-12-2-3-13-22/h4-11H,2-3,12-14H2,1H3. The molecule has 0 saturated carbocycles. The van der Waals surface area contributed by atoms with E-state index in [-0.39, 0.29) is 10.8 Å². The fourth-order valence-electron chi connectivity index (χ4n) is 3.00. The van der Waals surface area contributed by atoms with Crippen molar-refractivity contribution >= 4 is 31.9 Å². The van der Waals surface area contributed by atoms with Crippen molar-refractivity contribution in [1.82, 2.24) is 9.21 Å². The van der Waals surface area contributed by atoms with Crippen molar-refractivity contribution in [3.63, 3.8) is 0 Å². The van der Waals surface area contributed by atoms with E-state index in [9.17, 15) is 13.2 Å². The van der Waals surface area contributed by atoms with Crippen LogP contribution in [-0.4, -0.2) is 43.7 Å². The van der Waals surface area contributed by atoms with Gasteiger partial charge in [0.2, 0.25) is 10.0 Å².